The lowest BCUT2D eigenvalue weighted by Gasteiger charge is -2.32. The van der Waals surface area contributed by atoms with Gasteiger partial charge in [-0.25, -0.2) is 0 Å². The van der Waals surface area contributed by atoms with E-state index in [1.54, 1.807) is 199 Å². The van der Waals surface area contributed by atoms with Gasteiger partial charge in [-0.2, -0.15) is 0 Å². The number of benzene rings is 4. The van der Waals surface area contributed by atoms with Gasteiger partial charge in [-0.3, -0.25) is 0 Å². The first kappa shape index (κ1) is 116. The van der Waals surface area contributed by atoms with Crippen molar-refractivity contribution in [2.24, 2.45) is 118 Å². The monoisotopic (exact) mass is 1940 g/mol. The highest BCUT2D eigenvalue weighted by molar-refractivity contribution is 5.30. The summed E-state index contributed by atoms with van der Waals surface area (Å²) in [5.41, 5.74) is 12.9. The Bertz CT molecular complexity index is 3660. The van der Waals surface area contributed by atoms with E-state index in [-0.39, 0.29) is 0 Å². The summed E-state index contributed by atoms with van der Waals surface area (Å²) in [6, 6.07) is 39.6. The van der Waals surface area contributed by atoms with E-state index in [0.29, 0.717) is 0 Å². The van der Waals surface area contributed by atoms with Gasteiger partial charge in [0.25, 0.3) is 0 Å². The molecule has 0 aromatic heterocycles. The van der Waals surface area contributed by atoms with E-state index in [1.165, 1.54) is 398 Å². The molecule has 0 heteroatoms. The van der Waals surface area contributed by atoms with E-state index in [0.717, 1.165) is 142 Å². The van der Waals surface area contributed by atoms with Crippen LogP contribution in [0.3, 0.4) is 0 Å². The average Bonchev–Trinajstić information content (AvgIpc) is 0.856. The van der Waals surface area contributed by atoms with Gasteiger partial charge in [0.1, 0.15) is 0 Å². The molecular formula is C142H236. The van der Waals surface area contributed by atoms with Crippen molar-refractivity contribution >= 4 is 0 Å². The van der Waals surface area contributed by atoms with E-state index in [4.69, 9.17) is 0 Å². The number of unbranched alkanes of at least 4 members (excludes halogenated alkanes) is 7. The van der Waals surface area contributed by atoms with Gasteiger partial charge in [0.05, 0.1) is 0 Å². The molecule has 0 atom stereocenters. The zero-order chi connectivity index (χ0) is 98.6. The molecule has 12 aliphatic carbocycles. The summed E-state index contributed by atoms with van der Waals surface area (Å²) in [7, 11) is 0. The molecule has 142 heavy (non-hydrogen) atoms. The maximum Gasteiger partial charge on any atom is -0.0162 e. The van der Waals surface area contributed by atoms with Crippen molar-refractivity contribution in [1.29, 1.82) is 0 Å². The highest BCUT2D eigenvalue weighted by Crippen LogP contribution is 2.49. The van der Waals surface area contributed by atoms with Crippen LogP contribution in [-0.2, 0) is 25.7 Å². The van der Waals surface area contributed by atoms with Crippen molar-refractivity contribution < 1.29 is 0 Å². The predicted octanol–water partition coefficient (Wildman–Crippen LogP) is 45.9. The van der Waals surface area contributed by atoms with Gasteiger partial charge < -0.3 is 0 Å². The molecule has 0 nitrogen and oxygen atoms in total. The van der Waals surface area contributed by atoms with E-state index in [1.807, 2.05) is 0 Å². The fourth-order valence-corrected chi connectivity index (χ4v) is 32.5. The third kappa shape index (κ3) is 42.8. The predicted molar refractivity (Wildman–Crippen MR) is 625 cm³/mol. The molecule has 0 aliphatic heterocycles. The van der Waals surface area contributed by atoms with Crippen LogP contribution in [0.5, 0.6) is 0 Å². The van der Waals surface area contributed by atoms with Crippen LogP contribution in [0, 0.1) is 118 Å². The fraction of sp³-hybridized carbons (Fsp3) is 0.831. The van der Waals surface area contributed by atoms with Gasteiger partial charge in [-0.1, -0.05) is 551 Å². The summed E-state index contributed by atoms with van der Waals surface area (Å²) in [5.74, 6) is 24.2. The molecule has 4 aromatic rings. The summed E-state index contributed by atoms with van der Waals surface area (Å²) in [6.07, 6.45) is 127. The Balaban J connectivity index is 0.000000159. The van der Waals surface area contributed by atoms with E-state index >= 15 is 0 Å². The molecular weight excluding hydrogens is 1710 g/mol. The zero-order valence-electron chi connectivity index (χ0n) is 95.9. The minimum Gasteiger partial charge on any atom is -0.0654 e. The molecule has 0 unspecified atom stereocenters. The number of aryl methyl sites for hydroxylation is 4. The molecule has 0 saturated heterocycles. The van der Waals surface area contributed by atoms with Gasteiger partial charge in [-0.15, -0.1) is 0 Å². The molecule has 12 saturated carbocycles. The van der Waals surface area contributed by atoms with Crippen LogP contribution in [0.15, 0.2) is 97.1 Å². The smallest absolute Gasteiger partial charge is 0.0162 e. The van der Waals surface area contributed by atoms with Crippen LogP contribution < -0.4 is 0 Å². The third-order valence-electron chi connectivity index (χ3n) is 43.5. The minimum atomic E-state index is 0.836. The first-order chi connectivity index (χ1) is 69.9. The SMILES string of the molecule is CCCCC[C@H]1CC[C@H](c2ccc(CC[C@H]3CC[C@H](CC[C@H]4CC[C@H](CCCC)CC4)CC3)cc2)CC1.CCCC[C@H]1CC[C@H](CC[C@H]2CC[C@H](CCc3ccc([C@H]4CC[C@H](CC)CC4)cc3)CC2)CC1.CCCC[C@H]1CC[C@H](CC[C@H]2CC[C@H](CCc3ccc([C@H]4CC[C@H](CCC)CC4)cc3)CC2)CC1.CCCC[C@H]1CC[C@H](CC[C@H]2CC[C@H](CCc3ccc([C@H]4CC[C@H](CCCC)CC4)cc3)CC2)CC1. The zero-order valence-corrected chi connectivity index (χ0v) is 95.9. The lowest BCUT2D eigenvalue weighted by molar-refractivity contribution is 0.209. The van der Waals surface area contributed by atoms with Crippen molar-refractivity contribution in [3.63, 3.8) is 0 Å². The topological polar surface area (TPSA) is 0 Å². The van der Waals surface area contributed by atoms with E-state index < -0.39 is 0 Å². The molecule has 0 N–H and O–H groups in total. The standard InChI is InChI=1S/C37H62.C36H60.C35H58.C34H56/c1-3-5-7-9-31-22-26-36(27-23-31)37-28-24-35(25-29-37)21-20-34-18-16-33(17-19-34)15-14-32-12-10-30(11-13-32)8-6-4-2;1-3-5-7-29-9-11-31(12-10-29)13-14-32-15-17-33(18-16-32)19-20-34-23-27-36(28-24-34)35-25-21-30(22-26-35)8-6-4-2;1-3-5-7-29-8-10-30(11-9-29)12-13-31-14-16-32(17-15-31)18-19-33-22-26-35(27-23-33)34-24-20-28(6-4-2)21-25-34;1-3-5-6-28-7-9-29(10-8-28)11-12-30-13-15-31(16-14-30)17-18-32-21-25-34(26-22-32)33-23-19-27(4-2)20-24-33/h24-25,28-34,36H,3-23,26-27H2,1-2H3;23-24,27-33,35H,3-22,25-26H2,1-2H3;22-23,26-32,34H,3-21,24-25H2,1-2H3;21-22,25-31,33H,3-20,23-24H2,1-2H3/t30-,31-,32-,33-,34-,36-;29-,30-,31-,32-,33-,35-;28-,29-,30-,31-,32-,34-;27-,28-,29-,30-,31-,33-. The van der Waals surface area contributed by atoms with Crippen molar-refractivity contribution in [2.45, 2.75) is 631 Å². The lowest BCUT2D eigenvalue weighted by Crippen LogP contribution is -2.18. The van der Waals surface area contributed by atoms with Crippen LogP contribution >= 0.6 is 0 Å². The average molecular weight is 1940 g/mol. The normalized spacial score (nSPS) is 31.7. The number of hydrogen-bond donors (Lipinski definition) is 0. The molecule has 16 rings (SSSR count). The second-order valence-electron chi connectivity index (χ2n) is 53.8. The largest absolute Gasteiger partial charge is 0.0654 e. The molecule has 804 valence electrons. The van der Waals surface area contributed by atoms with Crippen molar-refractivity contribution in [3.8, 4) is 0 Å². The molecule has 0 bridgehead atoms. The quantitative estimate of drug-likeness (QED) is 0.0387. The molecule has 12 aliphatic rings. The van der Waals surface area contributed by atoms with Gasteiger partial charge >= 0.3 is 0 Å². The Hall–Kier alpha value is -3.12. The molecule has 0 radical (unpaired) electrons. The van der Waals surface area contributed by atoms with Crippen molar-refractivity contribution in [3.05, 3.63) is 142 Å². The first-order valence-electron chi connectivity index (χ1n) is 66.3. The third-order valence-corrected chi connectivity index (χ3v) is 43.5. The van der Waals surface area contributed by atoms with Crippen LogP contribution in [0.1, 0.15) is 650 Å². The molecule has 4 aromatic carbocycles. The van der Waals surface area contributed by atoms with Gasteiger partial charge in [0.2, 0.25) is 0 Å². The Morgan fingerprint density at radius 3 is 0.430 bits per heavy atom. The van der Waals surface area contributed by atoms with E-state index in [9.17, 15) is 0 Å². The lowest BCUT2D eigenvalue weighted by atomic mass is 9.74. The summed E-state index contributed by atoms with van der Waals surface area (Å²) < 4.78 is 0. The Morgan fingerprint density at radius 1 is 0.127 bits per heavy atom. The van der Waals surface area contributed by atoms with Gasteiger partial charge in [0, 0.05) is 0 Å². The molecule has 0 amide bonds. The van der Waals surface area contributed by atoms with Crippen LogP contribution in [-0.4, -0.2) is 0 Å². The maximum absolute atomic E-state index is 2.49. The molecule has 12 fully saturated rings. The van der Waals surface area contributed by atoms with Crippen LogP contribution in [0.2, 0.25) is 0 Å². The van der Waals surface area contributed by atoms with Crippen LogP contribution in [0.25, 0.3) is 0 Å². The van der Waals surface area contributed by atoms with Gasteiger partial charge in [-0.05, 0) is 341 Å². The summed E-state index contributed by atoms with van der Waals surface area (Å²) in [5, 5.41) is 0. The van der Waals surface area contributed by atoms with E-state index in [2.05, 4.69) is 152 Å². The van der Waals surface area contributed by atoms with Crippen molar-refractivity contribution in [2.75, 3.05) is 0 Å². The Morgan fingerprint density at radius 2 is 0.268 bits per heavy atom. The van der Waals surface area contributed by atoms with Crippen molar-refractivity contribution in [1.82, 2.24) is 0 Å². The fourth-order valence-electron chi connectivity index (χ4n) is 32.5. The molecule has 0 spiro atoms. The summed E-state index contributed by atoms with van der Waals surface area (Å²) in [6.45, 7) is 18.8. The first-order valence-corrected chi connectivity index (χ1v) is 66.3. The van der Waals surface area contributed by atoms with Gasteiger partial charge in [0.15, 0.2) is 0 Å². The molecule has 0 heterocycles. The van der Waals surface area contributed by atoms with Crippen LogP contribution in [0.4, 0.5) is 0 Å². The Kier molecular flexibility index (Phi) is 55.6. The number of hydrogen-bond acceptors (Lipinski definition) is 0. The minimum absolute atomic E-state index is 0.836. The summed E-state index contributed by atoms with van der Waals surface area (Å²) >= 11 is 0. The highest BCUT2D eigenvalue weighted by Gasteiger charge is 2.34. The highest BCUT2D eigenvalue weighted by atomic mass is 14.4. The number of rotatable bonds is 50. The Labute approximate surface area is 885 Å². The maximum atomic E-state index is 2.49. The second kappa shape index (κ2) is 68.0. The second-order valence-corrected chi connectivity index (χ2v) is 53.8. The summed E-state index contributed by atoms with van der Waals surface area (Å²) in [4.78, 5) is 0.